The largest absolute Gasteiger partial charge is 0.472 e. The van der Waals surface area contributed by atoms with Crippen molar-refractivity contribution in [3.8, 4) is 0 Å². The number of phosphoric acid groups is 1. The van der Waals surface area contributed by atoms with E-state index >= 15 is 0 Å². The molecule has 0 saturated heterocycles. The van der Waals surface area contributed by atoms with Gasteiger partial charge >= 0.3 is 7.82 Å². The number of hydrogen-bond donors (Lipinski definition) is 5. The minimum atomic E-state index is -4.42. The number of hydrogen-bond acceptors (Lipinski definition) is 7. The van der Waals surface area contributed by atoms with Gasteiger partial charge in [0, 0.05) is 6.54 Å². The van der Waals surface area contributed by atoms with Crippen molar-refractivity contribution < 1.29 is 33.5 Å². The van der Waals surface area contributed by atoms with Crippen molar-refractivity contribution in [1.82, 2.24) is 5.32 Å². The maximum Gasteiger partial charge on any atom is 0.472 e. The Kier molecular flexibility index (Phi) is 42.3. The summed E-state index contributed by atoms with van der Waals surface area (Å²) in [5.41, 5.74) is 5.37. The molecule has 0 saturated carbocycles. The highest BCUT2D eigenvalue weighted by Gasteiger charge is 2.27. The zero-order chi connectivity index (χ0) is 42.6. The molecular formula is C48H91N2O7P. The monoisotopic (exact) mass is 839 g/mol. The Bertz CT molecular complexity index is 1070. The van der Waals surface area contributed by atoms with Crippen molar-refractivity contribution in [3.05, 3.63) is 48.6 Å². The fourth-order valence-electron chi connectivity index (χ4n) is 6.79. The molecule has 0 spiro atoms. The Balaban J connectivity index is 4.35. The summed E-state index contributed by atoms with van der Waals surface area (Å²) < 4.78 is 22.1. The van der Waals surface area contributed by atoms with Crippen LogP contribution >= 0.6 is 7.82 Å². The van der Waals surface area contributed by atoms with Crippen LogP contribution in [0.15, 0.2) is 48.6 Å². The number of aliphatic hydroxyl groups excluding tert-OH is 2. The van der Waals surface area contributed by atoms with Crippen molar-refractivity contribution >= 4 is 13.7 Å². The quantitative estimate of drug-likeness (QED) is 0.0231. The molecule has 0 aromatic heterocycles. The van der Waals surface area contributed by atoms with Gasteiger partial charge in [-0.2, -0.15) is 0 Å². The van der Waals surface area contributed by atoms with Gasteiger partial charge in [0.1, 0.15) is 0 Å². The lowest BCUT2D eigenvalue weighted by Gasteiger charge is -2.24. The number of allylic oxidation sites excluding steroid dienone is 7. The van der Waals surface area contributed by atoms with E-state index in [0.29, 0.717) is 12.8 Å². The summed E-state index contributed by atoms with van der Waals surface area (Å²) >= 11 is 0. The lowest BCUT2D eigenvalue weighted by atomic mass is 10.0. The highest BCUT2D eigenvalue weighted by atomic mass is 31.2. The number of amides is 1. The number of phosphoric ester groups is 1. The maximum atomic E-state index is 12.8. The zero-order valence-electron chi connectivity index (χ0n) is 37.4. The van der Waals surface area contributed by atoms with Gasteiger partial charge in [0.25, 0.3) is 0 Å². The van der Waals surface area contributed by atoms with Crippen LogP contribution in [0.25, 0.3) is 0 Å². The van der Waals surface area contributed by atoms with Crippen LogP contribution in [0, 0.1) is 0 Å². The van der Waals surface area contributed by atoms with Crippen LogP contribution in [-0.4, -0.2) is 59.0 Å². The van der Waals surface area contributed by atoms with Gasteiger partial charge in [-0.05, 0) is 70.6 Å². The van der Waals surface area contributed by atoms with Crippen molar-refractivity contribution in [2.24, 2.45) is 5.73 Å². The summed E-state index contributed by atoms with van der Waals surface area (Å²) in [6.45, 7) is 3.94. The number of nitrogens with two attached hydrogens (primary N) is 1. The van der Waals surface area contributed by atoms with Crippen LogP contribution in [0.5, 0.6) is 0 Å². The Morgan fingerprint density at radius 3 is 1.43 bits per heavy atom. The fraction of sp³-hybridized carbons (Fsp3) is 0.812. The Labute approximate surface area is 356 Å². The first-order chi connectivity index (χ1) is 28.3. The third kappa shape index (κ3) is 41.2. The van der Waals surface area contributed by atoms with Crippen LogP contribution in [0.3, 0.4) is 0 Å². The normalized spacial score (nSPS) is 14.9. The number of carbonyl (C=O) groups is 1. The minimum absolute atomic E-state index is 0.0403. The molecule has 0 aliphatic heterocycles. The molecule has 0 aromatic rings. The number of nitrogens with one attached hydrogen (secondary N) is 1. The molecule has 0 aromatic carbocycles. The summed E-state index contributed by atoms with van der Waals surface area (Å²) in [5, 5.41) is 24.1. The van der Waals surface area contributed by atoms with Crippen molar-refractivity contribution in [2.75, 3.05) is 19.8 Å². The molecule has 0 heterocycles. The van der Waals surface area contributed by atoms with Gasteiger partial charge in [-0.25, -0.2) is 4.57 Å². The van der Waals surface area contributed by atoms with Crippen molar-refractivity contribution in [3.63, 3.8) is 0 Å². The molecule has 340 valence electrons. The number of carbonyl (C=O) groups excluding carboxylic acids is 1. The fourth-order valence-corrected chi connectivity index (χ4v) is 7.55. The predicted molar refractivity (Wildman–Crippen MR) is 246 cm³/mol. The average molecular weight is 839 g/mol. The van der Waals surface area contributed by atoms with E-state index in [9.17, 15) is 24.5 Å². The molecule has 0 aliphatic carbocycles. The second-order valence-electron chi connectivity index (χ2n) is 16.1. The lowest BCUT2D eigenvalue weighted by Crippen LogP contribution is -2.46. The summed E-state index contributed by atoms with van der Waals surface area (Å²) in [6, 6.07) is -1.01. The first kappa shape index (κ1) is 56.4. The van der Waals surface area contributed by atoms with Crippen molar-refractivity contribution in [2.45, 2.75) is 231 Å². The van der Waals surface area contributed by atoms with Crippen LogP contribution in [0.1, 0.15) is 213 Å². The highest BCUT2D eigenvalue weighted by Crippen LogP contribution is 2.43. The standard InChI is InChI=1S/C48H91N2O7P/c1-3-5-7-9-11-13-15-17-19-21-23-25-27-29-31-33-35-37-39-45(51)43-48(53)50-46(44-57-58(54,55)56-42-41-49)47(52)40-38-36-34-32-30-28-26-24-22-20-18-16-14-12-10-8-6-4-2/h22-25,30,32,38,40,45-47,51-52H,3-21,26-29,31,33-37,39,41-44,49H2,1-2H3,(H,50,53)(H,54,55)/b24-22+,25-23-,32-30+,40-38+. The number of rotatable bonds is 44. The van der Waals surface area contributed by atoms with E-state index in [2.05, 4.69) is 55.6 Å². The smallest absolute Gasteiger partial charge is 0.393 e. The molecule has 4 atom stereocenters. The molecule has 0 rings (SSSR count). The molecule has 10 heteroatoms. The zero-order valence-corrected chi connectivity index (χ0v) is 38.3. The van der Waals surface area contributed by atoms with Crippen LogP contribution in [0.2, 0.25) is 0 Å². The first-order valence-electron chi connectivity index (χ1n) is 23.8. The molecule has 0 fully saturated rings. The van der Waals surface area contributed by atoms with Crippen LogP contribution in [0.4, 0.5) is 0 Å². The summed E-state index contributed by atoms with van der Waals surface area (Å²) in [7, 11) is -4.42. The summed E-state index contributed by atoms with van der Waals surface area (Å²) in [5.74, 6) is -0.465. The molecule has 1 amide bonds. The van der Waals surface area contributed by atoms with Gasteiger partial charge in [0.15, 0.2) is 0 Å². The summed E-state index contributed by atoms with van der Waals surface area (Å²) in [6.07, 6.45) is 50.6. The Morgan fingerprint density at radius 2 is 0.983 bits per heavy atom. The van der Waals surface area contributed by atoms with Gasteiger partial charge in [-0.1, -0.05) is 184 Å². The predicted octanol–water partition coefficient (Wildman–Crippen LogP) is 12.6. The molecule has 4 unspecified atom stereocenters. The molecule has 58 heavy (non-hydrogen) atoms. The first-order valence-corrected chi connectivity index (χ1v) is 25.3. The minimum Gasteiger partial charge on any atom is -0.393 e. The van der Waals surface area contributed by atoms with Gasteiger partial charge in [0.05, 0.1) is 37.9 Å². The molecular weight excluding hydrogens is 748 g/mol. The Morgan fingerprint density at radius 1 is 0.586 bits per heavy atom. The van der Waals surface area contributed by atoms with E-state index in [-0.39, 0.29) is 19.6 Å². The van der Waals surface area contributed by atoms with E-state index in [4.69, 9.17) is 14.8 Å². The summed E-state index contributed by atoms with van der Waals surface area (Å²) in [4.78, 5) is 22.8. The van der Waals surface area contributed by atoms with Gasteiger partial charge < -0.3 is 26.2 Å². The third-order valence-electron chi connectivity index (χ3n) is 10.4. The van der Waals surface area contributed by atoms with Gasteiger partial charge in [-0.3, -0.25) is 13.8 Å². The van der Waals surface area contributed by atoms with Crippen LogP contribution in [-0.2, 0) is 18.4 Å². The molecule has 9 nitrogen and oxygen atoms in total. The topological polar surface area (TPSA) is 151 Å². The third-order valence-corrected chi connectivity index (χ3v) is 11.4. The lowest BCUT2D eigenvalue weighted by molar-refractivity contribution is -0.124. The number of aliphatic hydroxyl groups is 2. The molecule has 0 aliphatic rings. The van der Waals surface area contributed by atoms with E-state index in [1.54, 1.807) is 6.08 Å². The molecule has 6 N–H and O–H groups in total. The number of unbranched alkanes of at least 4 members (excludes halogenated alkanes) is 24. The highest BCUT2D eigenvalue weighted by molar-refractivity contribution is 7.47. The Hall–Kier alpha value is -1.58. The van der Waals surface area contributed by atoms with E-state index in [1.807, 2.05) is 6.08 Å². The average Bonchev–Trinajstić information content (AvgIpc) is 3.20. The van der Waals surface area contributed by atoms with Gasteiger partial charge in [0.2, 0.25) is 5.91 Å². The van der Waals surface area contributed by atoms with E-state index < -0.39 is 38.6 Å². The SMILES string of the molecule is CCCCCCCCCC/C=C/CC/C=C/CC/C=C/C(O)C(COP(=O)(O)OCCN)NC(=O)CC(O)CCCCCCC/C=C\CCCCCCCCCCC. The second-order valence-corrected chi connectivity index (χ2v) is 17.6. The van der Waals surface area contributed by atoms with E-state index in [0.717, 1.165) is 57.8 Å². The molecule has 0 bridgehead atoms. The van der Waals surface area contributed by atoms with E-state index in [1.165, 1.54) is 122 Å². The van der Waals surface area contributed by atoms with Crippen LogP contribution < -0.4 is 11.1 Å². The molecule has 0 radical (unpaired) electrons. The van der Waals surface area contributed by atoms with Gasteiger partial charge in [-0.15, -0.1) is 0 Å². The second kappa shape index (κ2) is 43.5. The van der Waals surface area contributed by atoms with Crippen molar-refractivity contribution in [1.29, 1.82) is 0 Å². The maximum absolute atomic E-state index is 12.8.